The molecule has 0 unspecified atom stereocenters. The molecule has 1 fully saturated rings. The molecular weight excluding hydrogens is 278 g/mol. The van der Waals surface area contributed by atoms with Gasteiger partial charge in [0, 0.05) is 24.7 Å². The smallest absolute Gasteiger partial charge is 0.306 e. The number of carboxylic acid groups (broad SMARTS) is 1. The molecule has 5 nitrogen and oxygen atoms in total. The number of carbonyl (C=O) groups is 1. The Hall–Kier alpha value is -2.43. The first kappa shape index (κ1) is 14.5. The van der Waals surface area contributed by atoms with E-state index >= 15 is 0 Å². The molecule has 0 bridgehead atoms. The number of carboxylic acids is 1. The number of rotatable bonds is 3. The molecule has 0 spiro atoms. The second-order valence-corrected chi connectivity index (χ2v) is 5.68. The Labute approximate surface area is 129 Å². The van der Waals surface area contributed by atoms with E-state index in [0.717, 1.165) is 30.2 Å². The van der Waals surface area contributed by atoms with E-state index in [-0.39, 0.29) is 5.92 Å². The Morgan fingerprint density at radius 3 is 2.64 bits per heavy atom. The van der Waals surface area contributed by atoms with Crippen molar-refractivity contribution < 1.29 is 9.90 Å². The minimum atomic E-state index is -0.692. The molecule has 1 aromatic heterocycles. The van der Waals surface area contributed by atoms with Crippen molar-refractivity contribution in [1.29, 1.82) is 0 Å². The van der Waals surface area contributed by atoms with E-state index < -0.39 is 5.97 Å². The average molecular weight is 297 g/mol. The van der Waals surface area contributed by atoms with Gasteiger partial charge in [-0.1, -0.05) is 24.3 Å². The molecule has 114 valence electrons. The molecule has 1 aromatic carbocycles. The lowest BCUT2D eigenvalue weighted by molar-refractivity contribution is -0.142. The summed E-state index contributed by atoms with van der Waals surface area (Å²) in [6, 6.07) is 10.1. The first-order valence-corrected chi connectivity index (χ1v) is 7.51. The zero-order valence-corrected chi connectivity index (χ0v) is 12.6. The normalized spacial score (nSPS) is 15.8. The standard InChI is InChI=1S/C17H19N3O2/c1-12-4-2-3-5-14(12)15-10-16(19-11-18-15)20-8-6-13(7-9-20)17(21)22/h2-5,10-11,13H,6-9H2,1H3,(H,21,22). The van der Waals surface area contributed by atoms with Crippen molar-refractivity contribution in [2.75, 3.05) is 18.0 Å². The Bertz CT molecular complexity index is 679. The van der Waals surface area contributed by atoms with Gasteiger partial charge in [0.05, 0.1) is 11.6 Å². The maximum atomic E-state index is 11.0. The number of nitrogens with zero attached hydrogens (tertiary/aromatic N) is 3. The SMILES string of the molecule is Cc1ccccc1-c1cc(N2CCC(C(=O)O)CC2)ncn1. The average Bonchev–Trinajstić information content (AvgIpc) is 2.55. The summed E-state index contributed by atoms with van der Waals surface area (Å²) in [5.74, 6) is -0.0473. The minimum absolute atomic E-state index is 0.228. The van der Waals surface area contributed by atoms with Crippen LogP contribution in [0.1, 0.15) is 18.4 Å². The molecular formula is C17H19N3O2. The van der Waals surface area contributed by atoms with Crippen LogP contribution in [0.4, 0.5) is 5.82 Å². The predicted molar refractivity (Wildman–Crippen MR) is 84.8 cm³/mol. The van der Waals surface area contributed by atoms with Crippen molar-refractivity contribution in [3.63, 3.8) is 0 Å². The lowest BCUT2D eigenvalue weighted by atomic mass is 9.97. The van der Waals surface area contributed by atoms with Crippen LogP contribution in [0.15, 0.2) is 36.7 Å². The third kappa shape index (κ3) is 2.93. The summed E-state index contributed by atoms with van der Waals surface area (Å²) < 4.78 is 0. The number of aromatic nitrogens is 2. The van der Waals surface area contributed by atoms with Gasteiger partial charge in [0.15, 0.2) is 0 Å². The molecule has 0 amide bonds. The Morgan fingerprint density at radius 1 is 1.23 bits per heavy atom. The van der Waals surface area contributed by atoms with Crippen LogP contribution < -0.4 is 4.90 Å². The summed E-state index contributed by atoms with van der Waals surface area (Å²) >= 11 is 0. The largest absolute Gasteiger partial charge is 0.481 e. The second kappa shape index (κ2) is 6.13. The number of hydrogen-bond acceptors (Lipinski definition) is 4. The number of benzene rings is 1. The summed E-state index contributed by atoms with van der Waals surface area (Å²) in [5, 5.41) is 9.07. The molecule has 22 heavy (non-hydrogen) atoms. The maximum Gasteiger partial charge on any atom is 0.306 e. The summed E-state index contributed by atoms with van der Waals surface area (Å²) in [6.45, 7) is 3.51. The maximum absolute atomic E-state index is 11.0. The molecule has 1 saturated heterocycles. The number of aryl methyl sites for hydroxylation is 1. The molecule has 0 saturated carbocycles. The molecule has 1 aliphatic heterocycles. The lowest BCUT2D eigenvalue weighted by Gasteiger charge is -2.31. The fourth-order valence-corrected chi connectivity index (χ4v) is 2.88. The third-order valence-electron chi connectivity index (χ3n) is 4.24. The highest BCUT2D eigenvalue weighted by Gasteiger charge is 2.25. The highest BCUT2D eigenvalue weighted by Crippen LogP contribution is 2.26. The summed E-state index contributed by atoms with van der Waals surface area (Å²) in [7, 11) is 0. The van der Waals surface area contributed by atoms with E-state index in [1.54, 1.807) is 6.33 Å². The molecule has 5 heteroatoms. The van der Waals surface area contributed by atoms with Crippen LogP contribution in [0.5, 0.6) is 0 Å². The van der Waals surface area contributed by atoms with E-state index in [1.807, 2.05) is 18.2 Å². The molecule has 0 atom stereocenters. The number of hydrogen-bond donors (Lipinski definition) is 1. The fraction of sp³-hybridized carbons (Fsp3) is 0.353. The molecule has 2 aromatic rings. The third-order valence-corrected chi connectivity index (χ3v) is 4.24. The van der Waals surface area contributed by atoms with Crippen LogP contribution in [0, 0.1) is 12.8 Å². The van der Waals surface area contributed by atoms with Crippen LogP contribution in [0.3, 0.4) is 0 Å². The van der Waals surface area contributed by atoms with Gasteiger partial charge in [-0.05, 0) is 25.3 Å². The summed E-state index contributed by atoms with van der Waals surface area (Å²) in [5.41, 5.74) is 3.19. The zero-order valence-electron chi connectivity index (χ0n) is 12.6. The Balaban J connectivity index is 1.81. The monoisotopic (exact) mass is 297 g/mol. The molecule has 1 N–H and O–H groups in total. The summed E-state index contributed by atoms with van der Waals surface area (Å²) in [4.78, 5) is 21.9. The van der Waals surface area contributed by atoms with Crippen molar-refractivity contribution in [3.05, 3.63) is 42.2 Å². The molecule has 2 heterocycles. The predicted octanol–water partition coefficient (Wildman–Crippen LogP) is 2.75. The van der Waals surface area contributed by atoms with Gasteiger partial charge in [-0.3, -0.25) is 4.79 Å². The number of anilines is 1. The van der Waals surface area contributed by atoms with Gasteiger partial charge >= 0.3 is 5.97 Å². The summed E-state index contributed by atoms with van der Waals surface area (Å²) in [6.07, 6.45) is 2.92. The fourth-order valence-electron chi connectivity index (χ4n) is 2.88. The van der Waals surface area contributed by atoms with E-state index in [2.05, 4.69) is 33.9 Å². The van der Waals surface area contributed by atoms with Crippen molar-refractivity contribution in [2.24, 2.45) is 5.92 Å². The second-order valence-electron chi connectivity index (χ2n) is 5.68. The van der Waals surface area contributed by atoms with E-state index in [4.69, 9.17) is 5.11 Å². The van der Waals surface area contributed by atoms with Crippen LogP contribution >= 0.6 is 0 Å². The first-order valence-electron chi connectivity index (χ1n) is 7.51. The van der Waals surface area contributed by atoms with Gasteiger partial charge in [-0.15, -0.1) is 0 Å². The van der Waals surface area contributed by atoms with Gasteiger partial charge in [0.25, 0.3) is 0 Å². The highest BCUT2D eigenvalue weighted by atomic mass is 16.4. The molecule has 0 aliphatic carbocycles. The van der Waals surface area contributed by atoms with Gasteiger partial charge < -0.3 is 10.0 Å². The quantitative estimate of drug-likeness (QED) is 0.943. The molecule has 1 aliphatic rings. The zero-order chi connectivity index (χ0) is 15.5. The van der Waals surface area contributed by atoms with Gasteiger partial charge in [0.1, 0.15) is 12.1 Å². The van der Waals surface area contributed by atoms with Crippen LogP contribution in [0.25, 0.3) is 11.3 Å². The lowest BCUT2D eigenvalue weighted by Crippen LogP contribution is -2.36. The Kier molecular flexibility index (Phi) is 4.04. The van der Waals surface area contributed by atoms with Crippen LogP contribution in [-0.4, -0.2) is 34.1 Å². The van der Waals surface area contributed by atoms with E-state index in [0.29, 0.717) is 12.8 Å². The van der Waals surface area contributed by atoms with Gasteiger partial charge in [-0.25, -0.2) is 9.97 Å². The Morgan fingerprint density at radius 2 is 1.95 bits per heavy atom. The number of aliphatic carboxylic acids is 1. The van der Waals surface area contributed by atoms with Crippen molar-refractivity contribution in [1.82, 2.24) is 9.97 Å². The topological polar surface area (TPSA) is 66.3 Å². The van der Waals surface area contributed by atoms with Crippen LogP contribution in [0.2, 0.25) is 0 Å². The van der Waals surface area contributed by atoms with Crippen LogP contribution in [-0.2, 0) is 4.79 Å². The minimum Gasteiger partial charge on any atom is -0.481 e. The van der Waals surface area contributed by atoms with Crippen molar-refractivity contribution in [2.45, 2.75) is 19.8 Å². The van der Waals surface area contributed by atoms with E-state index in [1.165, 1.54) is 5.56 Å². The van der Waals surface area contributed by atoms with Crippen molar-refractivity contribution in [3.8, 4) is 11.3 Å². The first-order chi connectivity index (χ1) is 10.6. The molecule has 3 rings (SSSR count). The van der Waals surface area contributed by atoms with Gasteiger partial charge in [0.2, 0.25) is 0 Å². The molecule has 0 radical (unpaired) electrons. The highest BCUT2D eigenvalue weighted by molar-refractivity contribution is 5.70. The van der Waals surface area contributed by atoms with E-state index in [9.17, 15) is 4.79 Å². The number of piperidine rings is 1. The van der Waals surface area contributed by atoms with Gasteiger partial charge in [-0.2, -0.15) is 0 Å². The van der Waals surface area contributed by atoms with Crippen molar-refractivity contribution >= 4 is 11.8 Å².